The highest BCUT2D eigenvalue weighted by Crippen LogP contribution is 2.22. The molecule has 2 aromatic heterocycles. The van der Waals surface area contributed by atoms with Crippen molar-refractivity contribution in [2.45, 2.75) is 46.1 Å². The minimum Gasteiger partial charge on any atom is -0.478 e. The summed E-state index contributed by atoms with van der Waals surface area (Å²) in [5.41, 5.74) is 2.57. The molecule has 0 saturated carbocycles. The number of carbonyl (C=O) groups is 1. The van der Waals surface area contributed by atoms with Gasteiger partial charge in [-0.05, 0) is 24.1 Å². The molecule has 0 unspecified atom stereocenters. The van der Waals surface area contributed by atoms with Gasteiger partial charge in [-0.15, -0.1) is 0 Å². The van der Waals surface area contributed by atoms with Crippen LogP contribution in [0.15, 0.2) is 42.6 Å². The summed E-state index contributed by atoms with van der Waals surface area (Å²) in [6, 6.07) is 11.0. The molecule has 0 aliphatic heterocycles. The van der Waals surface area contributed by atoms with Gasteiger partial charge >= 0.3 is 5.97 Å². The molecule has 0 bridgehead atoms. The fourth-order valence-electron chi connectivity index (χ4n) is 2.97. The first kappa shape index (κ1) is 18.8. The van der Waals surface area contributed by atoms with Gasteiger partial charge < -0.3 is 5.11 Å². The van der Waals surface area contributed by atoms with Gasteiger partial charge in [0.2, 0.25) is 0 Å². The molecule has 0 aliphatic rings. The minimum absolute atomic E-state index is 0.205. The summed E-state index contributed by atoms with van der Waals surface area (Å²) in [4.78, 5) is 20.3. The van der Waals surface area contributed by atoms with E-state index in [1.165, 1.54) is 0 Å². The zero-order chi connectivity index (χ0) is 19.2. The number of hydrogen-bond donors (Lipinski definition) is 1. The molecule has 1 aromatic carbocycles. The number of benzene rings is 1. The predicted octanol–water partition coefficient (Wildman–Crippen LogP) is 3.99. The maximum Gasteiger partial charge on any atom is 0.337 e. The monoisotopic (exact) mass is 364 g/mol. The average molecular weight is 364 g/mol. The maximum atomic E-state index is 11.4. The smallest absolute Gasteiger partial charge is 0.337 e. The van der Waals surface area contributed by atoms with E-state index < -0.39 is 5.97 Å². The summed E-state index contributed by atoms with van der Waals surface area (Å²) >= 11 is 0. The summed E-state index contributed by atoms with van der Waals surface area (Å²) in [5.74, 6) is 0.922. The number of rotatable bonds is 8. The van der Waals surface area contributed by atoms with Crippen LogP contribution in [-0.4, -0.2) is 30.8 Å². The molecule has 140 valence electrons. The fourth-order valence-corrected chi connectivity index (χ4v) is 2.97. The second kappa shape index (κ2) is 8.58. The van der Waals surface area contributed by atoms with E-state index in [1.807, 2.05) is 28.9 Å². The lowest BCUT2D eigenvalue weighted by atomic mass is 10.0. The van der Waals surface area contributed by atoms with Gasteiger partial charge in [0.15, 0.2) is 5.82 Å². The third-order valence-corrected chi connectivity index (χ3v) is 4.46. The maximum absolute atomic E-state index is 11.4. The van der Waals surface area contributed by atoms with Crippen molar-refractivity contribution in [1.29, 1.82) is 0 Å². The molecule has 0 fully saturated rings. The Morgan fingerprint density at radius 3 is 2.59 bits per heavy atom. The second-order valence-electron chi connectivity index (χ2n) is 6.46. The van der Waals surface area contributed by atoms with Crippen molar-refractivity contribution in [2.75, 3.05) is 0 Å². The van der Waals surface area contributed by atoms with E-state index in [9.17, 15) is 9.90 Å². The molecular weight excluding hydrogens is 340 g/mol. The van der Waals surface area contributed by atoms with Crippen molar-refractivity contribution in [3.8, 4) is 11.3 Å². The van der Waals surface area contributed by atoms with Gasteiger partial charge in [-0.3, -0.25) is 4.98 Å². The molecule has 0 spiro atoms. The SMILES string of the molecule is CCCCc1nc(CC)nn1Cc1ccc(-c2ncccc2C(=O)O)cc1. The number of hydrogen-bond acceptors (Lipinski definition) is 4. The van der Waals surface area contributed by atoms with Crippen LogP contribution in [0.5, 0.6) is 0 Å². The Morgan fingerprint density at radius 2 is 1.93 bits per heavy atom. The van der Waals surface area contributed by atoms with Gasteiger partial charge in [-0.25, -0.2) is 14.5 Å². The third kappa shape index (κ3) is 4.39. The number of nitrogens with zero attached hydrogens (tertiary/aromatic N) is 4. The zero-order valence-corrected chi connectivity index (χ0v) is 15.7. The number of aromatic carboxylic acids is 1. The molecule has 6 nitrogen and oxygen atoms in total. The van der Waals surface area contributed by atoms with Crippen molar-refractivity contribution in [3.05, 3.63) is 65.4 Å². The van der Waals surface area contributed by atoms with Crippen molar-refractivity contribution < 1.29 is 9.90 Å². The Balaban J connectivity index is 1.83. The first-order chi connectivity index (χ1) is 13.1. The number of unbranched alkanes of at least 4 members (excludes halogenated alkanes) is 1. The standard InChI is InChI=1S/C21H24N4O2/c1-3-5-8-19-23-18(4-2)24-25(19)14-15-9-11-16(12-10-15)20-17(21(26)27)7-6-13-22-20/h6-7,9-13H,3-5,8,14H2,1-2H3,(H,26,27). The highest BCUT2D eigenvalue weighted by molar-refractivity contribution is 5.94. The lowest BCUT2D eigenvalue weighted by Crippen LogP contribution is -2.07. The largest absolute Gasteiger partial charge is 0.478 e. The van der Waals surface area contributed by atoms with Crippen molar-refractivity contribution in [2.24, 2.45) is 0 Å². The molecule has 2 heterocycles. The van der Waals surface area contributed by atoms with Crippen LogP contribution in [-0.2, 0) is 19.4 Å². The van der Waals surface area contributed by atoms with E-state index in [-0.39, 0.29) is 5.56 Å². The molecule has 6 heteroatoms. The number of carboxylic acids is 1. The van der Waals surface area contributed by atoms with Crippen LogP contribution in [0.1, 0.15) is 54.3 Å². The highest BCUT2D eigenvalue weighted by Gasteiger charge is 2.13. The van der Waals surface area contributed by atoms with Crippen LogP contribution in [0.25, 0.3) is 11.3 Å². The molecule has 0 saturated heterocycles. The number of carboxylic acid groups (broad SMARTS) is 1. The van der Waals surface area contributed by atoms with Gasteiger partial charge in [0.25, 0.3) is 0 Å². The molecule has 3 rings (SSSR count). The Kier molecular flexibility index (Phi) is 5.96. The molecule has 0 amide bonds. The summed E-state index contributed by atoms with van der Waals surface area (Å²) in [6.45, 7) is 4.88. The Morgan fingerprint density at radius 1 is 1.15 bits per heavy atom. The lowest BCUT2D eigenvalue weighted by molar-refractivity contribution is 0.0697. The number of aromatic nitrogens is 4. The van der Waals surface area contributed by atoms with Gasteiger partial charge in [0.1, 0.15) is 5.82 Å². The highest BCUT2D eigenvalue weighted by atomic mass is 16.4. The van der Waals surface area contributed by atoms with E-state index in [2.05, 4.69) is 28.9 Å². The molecule has 0 atom stereocenters. The third-order valence-electron chi connectivity index (χ3n) is 4.46. The average Bonchev–Trinajstić information content (AvgIpc) is 3.08. The molecule has 0 aliphatic carbocycles. The van der Waals surface area contributed by atoms with Crippen molar-refractivity contribution >= 4 is 5.97 Å². The Hall–Kier alpha value is -3.02. The van der Waals surface area contributed by atoms with Gasteiger partial charge in [0, 0.05) is 24.6 Å². The normalized spacial score (nSPS) is 10.9. The molecule has 27 heavy (non-hydrogen) atoms. The summed E-state index contributed by atoms with van der Waals surface area (Å²) in [6.07, 6.45) is 5.58. The van der Waals surface area contributed by atoms with Gasteiger partial charge in [-0.2, -0.15) is 5.10 Å². The van der Waals surface area contributed by atoms with E-state index >= 15 is 0 Å². The zero-order valence-electron chi connectivity index (χ0n) is 15.7. The Labute approximate surface area is 158 Å². The first-order valence-electron chi connectivity index (χ1n) is 9.32. The second-order valence-corrected chi connectivity index (χ2v) is 6.46. The summed E-state index contributed by atoms with van der Waals surface area (Å²) < 4.78 is 1.98. The van der Waals surface area contributed by atoms with E-state index in [4.69, 9.17) is 0 Å². The van der Waals surface area contributed by atoms with Gasteiger partial charge in [-0.1, -0.05) is 44.5 Å². The Bertz CT molecular complexity index is 916. The summed E-state index contributed by atoms with van der Waals surface area (Å²) in [7, 11) is 0. The quantitative estimate of drug-likeness (QED) is 0.653. The minimum atomic E-state index is -0.975. The fraction of sp³-hybridized carbons (Fsp3) is 0.333. The van der Waals surface area contributed by atoms with Crippen LogP contribution in [0.2, 0.25) is 0 Å². The van der Waals surface area contributed by atoms with Gasteiger partial charge in [0.05, 0.1) is 17.8 Å². The number of aryl methyl sites for hydroxylation is 2. The summed E-state index contributed by atoms with van der Waals surface area (Å²) in [5, 5.41) is 14.0. The van der Waals surface area contributed by atoms with Crippen molar-refractivity contribution in [1.82, 2.24) is 19.7 Å². The van der Waals surface area contributed by atoms with E-state index in [0.717, 1.165) is 48.5 Å². The van der Waals surface area contributed by atoms with E-state index in [1.54, 1.807) is 18.3 Å². The van der Waals surface area contributed by atoms with Crippen LogP contribution < -0.4 is 0 Å². The van der Waals surface area contributed by atoms with Crippen LogP contribution in [0, 0.1) is 0 Å². The number of pyridine rings is 1. The molecule has 3 aromatic rings. The molecule has 0 radical (unpaired) electrons. The molecule has 1 N–H and O–H groups in total. The predicted molar refractivity (Wildman–Crippen MR) is 104 cm³/mol. The molecular formula is C21H24N4O2. The first-order valence-corrected chi connectivity index (χ1v) is 9.32. The van der Waals surface area contributed by atoms with Crippen LogP contribution in [0.3, 0.4) is 0 Å². The van der Waals surface area contributed by atoms with Crippen LogP contribution in [0.4, 0.5) is 0 Å². The van der Waals surface area contributed by atoms with Crippen LogP contribution >= 0.6 is 0 Å². The van der Waals surface area contributed by atoms with E-state index in [0.29, 0.717) is 12.2 Å². The lowest BCUT2D eigenvalue weighted by Gasteiger charge is -2.08. The van der Waals surface area contributed by atoms with Crippen molar-refractivity contribution in [3.63, 3.8) is 0 Å². The topological polar surface area (TPSA) is 80.9 Å².